The van der Waals surface area contributed by atoms with Gasteiger partial charge < -0.3 is 19.7 Å². The molecule has 1 saturated heterocycles. The fraction of sp³-hybridized carbons (Fsp3) is 0.524. The highest BCUT2D eigenvalue weighted by Crippen LogP contribution is 2.24. The quantitative estimate of drug-likeness (QED) is 0.763. The van der Waals surface area contributed by atoms with E-state index in [1.807, 2.05) is 16.5 Å². The van der Waals surface area contributed by atoms with Crippen molar-refractivity contribution in [1.29, 1.82) is 0 Å². The average molecular weight is 413 g/mol. The SMILES string of the molecule is CCOc1cccnc1C(=O)NCC1CCn2ncc(C(=O)N3CCOCC3)c2C1. The summed E-state index contributed by atoms with van der Waals surface area (Å²) in [5, 5.41) is 7.39. The Morgan fingerprint density at radius 1 is 1.30 bits per heavy atom. The summed E-state index contributed by atoms with van der Waals surface area (Å²) in [6, 6.07) is 3.49. The Morgan fingerprint density at radius 3 is 2.93 bits per heavy atom. The molecule has 1 unspecified atom stereocenters. The molecule has 9 heteroatoms. The van der Waals surface area contributed by atoms with Crippen LogP contribution in [-0.2, 0) is 17.7 Å². The number of aryl methyl sites for hydroxylation is 1. The fourth-order valence-electron chi connectivity index (χ4n) is 3.94. The molecule has 1 N–H and O–H groups in total. The van der Waals surface area contributed by atoms with Crippen molar-refractivity contribution in [1.82, 2.24) is 25.0 Å². The summed E-state index contributed by atoms with van der Waals surface area (Å²) in [5.74, 6) is 0.480. The molecule has 2 aromatic rings. The normalized spacial score (nSPS) is 18.6. The second kappa shape index (κ2) is 9.25. The Balaban J connectivity index is 1.39. The summed E-state index contributed by atoms with van der Waals surface area (Å²) in [5.41, 5.74) is 1.91. The molecule has 4 heterocycles. The van der Waals surface area contributed by atoms with Crippen LogP contribution in [0.25, 0.3) is 0 Å². The largest absolute Gasteiger partial charge is 0.491 e. The topological polar surface area (TPSA) is 98.6 Å². The second-order valence-corrected chi connectivity index (χ2v) is 7.48. The monoisotopic (exact) mass is 413 g/mol. The molecule has 4 rings (SSSR count). The van der Waals surface area contributed by atoms with Crippen molar-refractivity contribution in [3.63, 3.8) is 0 Å². The zero-order valence-electron chi connectivity index (χ0n) is 17.2. The summed E-state index contributed by atoms with van der Waals surface area (Å²) >= 11 is 0. The molecule has 0 bridgehead atoms. The minimum absolute atomic E-state index is 0.0130. The van der Waals surface area contributed by atoms with Crippen molar-refractivity contribution in [3.8, 4) is 5.75 Å². The molecule has 1 fully saturated rings. The Hall–Kier alpha value is -2.94. The lowest BCUT2D eigenvalue weighted by atomic mass is 9.94. The van der Waals surface area contributed by atoms with Crippen LogP contribution in [0.1, 0.15) is 39.9 Å². The molecule has 2 aliphatic rings. The zero-order chi connectivity index (χ0) is 20.9. The van der Waals surface area contributed by atoms with Gasteiger partial charge in [0.05, 0.1) is 37.3 Å². The maximum atomic E-state index is 12.9. The van der Waals surface area contributed by atoms with Crippen LogP contribution < -0.4 is 10.1 Å². The van der Waals surface area contributed by atoms with Crippen LogP contribution >= 0.6 is 0 Å². The summed E-state index contributed by atoms with van der Waals surface area (Å²) in [7, 11) is 0. The first-order chi connectivity index (χ1) is 14.7. The van der Waals surface area contributed by atoms with Gasteiger partial charge in [-0.15, -0.1) is 0 Å². The number of ether oxygens (including phenoxy) is 2. The fourth-order valence-corrected chi connectivity index (χ4v) is 3.94. The predicted molar refractivity (Wildman–Crippen MR) is 108 cm³/mol. The van der Waals surface area contributed by atoms with E-state index in [4.69, 9.17) is 9.47 Å². The minimum atomic E-state index is -0.247. The highest BCUT2D eigenvalue weighted by atomic mass is 16.5. The van der Waals surface area contributed by atoms with E-state index in [9.17, 15) is 9.59 Å². The van der Waals surface area contributed by atoms with E-state index in [1.54, 1.807) is 24.5 Å². The molecule has 160 valence electrons. The van der Waals surface area contributed by atoms with Crippen LogP contribution in [0, 0.1) is 5.92 Å². The standard InChI is InChI=1S/C21H27N5O4/c1-2-30-18-4-3-6-22-19(18)20(27)23-13-15-5-7-26-17(12-15)16(14-24-26)21(28)25-8-10-29-11-9-25/h3-4,6,14-15H,2,5,7-13H2,1H3,(H,23,27). The number of carbonyl (C=O) groups excluding carboxylic acids is 2. The van der Waals surface area contributed by atoms with Gasteiger partial charge in [-0.2, -0.15) is 5.10 Å². The van der Waals surface area contributed by atoms with Crippen molar-refractivity contribution in [2.75, 3.05) is 39.5 Å². The second-order valence-electron chi connectivity index (χ2n) is 7.48. The summed E-state index contributed by atoms with van der Waals surface area (Å²) in [6.45, 7) is 5.94. The molecule has 0 spiro atoms. The van der Waals surface area contributed by atoms with Crippen LogP contribution in [0.5, 0.6) is 5.75 Å². The van der Waals surface area contributed by atoms with Gasteiger partial charge in [0.15, 0.2) is 11.4 Å². The summed E-state index contributed by atoms with van der Waals surface area (Å²) in [4.78, 5) is 31.5. The van der Waals surface area contributed by atoms with Gasteiger partial charge in [0, 0.05) is 32.4 Å². The van der Waals surface area contributed by atoms with Gasteiger partial charge in [0.2, 0.25) is 0 Å². The molecule has 2 aromatic heterocycles. The Morgan fingerprint density at radius 2 is 2.13 bits per heavy atom. The van der Waals surface area contributed by atoms with E-state index in [1.165, 1.54) is 0 Å². The number of carbonyl (C=O) groups is 2. The molecule has 0 radical (unpaired) electrons. The van der Waals surface area contributed by atoms with E-state index >= 15 is 0 Å². The lowest BCUT2D eigenvalue weighted by molar-refractivity contribution is 0.0301. The van der Waals surface area contributed by atoms with Crippen LogP contribution in [0.2, 0.25) is 0 Å². The molecule has 9 nitrogen and oxygen atoms in total. The van der Waals surface area contributed by atoms with Gasteiger partial charge in [0.25, 0.3) is 11.8 Å². The molecule has 0 aliphatic carbocycles. The maximum Gasteiger partial charge on any atom is 0.273 e. The van der Waals surface area contributed by atoms with Crippen LogP contribution in [0.4, 0.5) is 0 Å². The Labute approximate surface area is 175 Å². The number of hydrogen-bond donors (Lipinski definition) is 1. The number of hydrogen-bond acceptors (Lipinski definition) is 6. The van der Waals surface area contributed by atoms with E-state index in [2.05, 4.69) is 15.4 Å². The third-order valence-corrected chi connectivity index (χ3v) is 5.55. The van der Waals surface area contributed by atoms with E-state index in [0.29, 0.717) is 62.9 Å². The van der Waals surface area contributed by atoms with Gasteiger partial charge in [-0.25, -0.2) is 4.98 Å². The van der Waals surface area contributed by atoms with Crippen LogP contribution in [0.15, 0.2) is 24.5 Å². The summed E-state index contributed by atoms with van der Waals surface area (Å²) in [6.07, 6.45) is 4.85. The molecular weight excluding hydrogens is 386 g/mol. The molecule has 0 aromatic carbocycles. The van der Waals surface area contributed by atoms with Crippen molar-refractivity contribution >= 4 is 11.8 Å². The number of nitrogens with one attached hydrogen (secondary N) is 1. The van der Waals surface area contributed by atoms with Gasteiger partial charge in [0.1, 0.15) is 0 Å². The molecule has 2 amide bonds. The van der Waals surface area contributed by atoms with Gasteiger partial charge >= 0.3 is 0 Å². The van der Waals surface area contributed by atoms with Gasteiger partial charge in [-0.3, -0.25) is 14.3 Å². The lowest BCUT2D eigenvalue weighted by Gasteiger charge is -2.28. The summed E-state index contributed by atoms with van der Waals surface area (Å²) < 4.78 is 12.8. The third-order valence-electron chi connectivity index (χ3n) is 5.55. The number of aromatic nitrogens is 3. The van der Waals surface area contributed by atoms with Crippen molar-refractivity contribution < 1.29 is 19.1 Å². The Kier molecular flexibility index (Phi) is 6.27. The number of morpholine rings is 1. The highest BCUT2D eigenvalue weighted by Gasteiger charge is 2.28. The molecule has 0 saturated carbocycles. The minimum Gasteiger partial charge on any atom is -0.491 e. The van der Waals surface area contributed by atoms with E-state index in [-0.39, 0.29) is 17.7 Å². The van der Waals surface area contributed by atoms with Crippen molar-refractivity contribution in [2.24, 2.45) is 5.92 Å². The zero-order valence-corrected chi connectivity index (χ0v) is 17.2. The van der Waals surface area contributed by atoms with Crippen molar-refractivity contribution in [2.45, 2.75) is 26.3 Å². The highest BCUT2D eigenvalue weighted by molar-refractivity contribution is 5.95. The first-order valence-electron chi connectivity index (χ1n) is 10.4. The number of pyridine rings is 1. The van der Waals surface area contributed by atoms with Crippen LogP contribution in [-0.4, -0.2) is 70.9 Å². The maximum absolute atomic E-state index is 12.9. The lowest BCUT2D eigenvalue weighted by Crippen LogP contribution is -2.41. The Bertz CT molecular complexity index is 907. The van der Waals surface area contributed by atoms with E-state index in [0.717, 1.165) is 18.7 Å². The first kappa shape index (κ1) is 20.3. The molecule has 30 heavy (non-hydrogen) atoms. The number of fused-ring (bicyclic) bond motifs is 1. The number of rotatable bonds is 6. The number of amides is 2. The average Bonchev–Trinajstić information content (AvgIpc) is 3.21. The molecular formula is C21H27N5O4. The third kappa shape index (κ3) is 4.30. The van der Waals surface area contributed by atoms with Crippen LogP contribution in [0.3, 0.4) is 0 Å². The smallest absolute Gasteiger partial charge is 0.273 e. The van der Waals surface area contributed by atoms with E-state index < -0.39 is 0 Å². The van der Waals surface area contributed by atoms with Gasteiger partial charge in [-0.05, 0) is 37.8 Å². The molecule has 2 aliphatic heterocycles. The first-order valence-corrected chi connectivity index (χ1v) is 10.4. The molecule has 1 atom stereocenters. The van der Waals surface area contributed by atoms with Gasteiger partial charge in [-0.1, -0.05) is 0 Å². The number of nitrogens with zero attached hydrogens (tertiary/aromatic N) is 4. The predicted octanol–water partition coefficient (Wildman–Crippen LogP) is 1.14. The van der Waals surface area contributed by atoms with Crippen molar-refractivity contribution in [3.05, 3.63) is 41.5 Å².